The van der Waals surface area contributed by atoms with E-state index in [0.29, 0.717) is 6.54 Å². The molecule has 1 aromatic rings. The van der Waals surface area contributed by atoms with Crippen LogP contribution in [0.1, 0.15) is 12.0 Å². The predicted octanol–water partition coefficient (Wildman–Crippen LogP) is 1.66. The maximum atomic E-state index is 8.70. The third kappa shape index (κ3) is 3.51. The monoisotopic (exact) mass is 189 g/mol. The fourth-order valence-electron chi connectivity index (χ4n) is 1.27. The molecule has 74 valence electrons. The molecule has 0 amide bonds. The van der Waals surface area contributed by atoms with Crippen molar-refractivity contribution >= 4 is 5.69 Å². The lowest BCUT2D eigenvalue weighted by molar-refractivity contribution is 0.288. The number of aliphatic hydroxyl groups excluding tert-OH is 1. The first kappa shape index (κ1) is 10.6. The molecule has 0 saturated heterocycles. The van der Waals surface area contributed by atoms with Crippen molar-refractivity contribution in [2.24, 2.45) is 0 Å². The van der Waals surface area contributed by atoms with Crippen LogP contribution in [-0.4, -0.2) is 18.3 Å². The molecule has 0 saturated carbocycles. The smallest absolute Gasteiger partial charge is 0.0763 e. The summed E-state index contributed by atoms with van der Waals surface area (Å²) in [6.45, 7) is 0.783. The molecule has 0 fully saturated rings. The molecule has 0 aliphatic rings. The highest BCUT2D eigenvalue weighted by molar-refractivity contribution is 5.46. The largest absolute Gasteiger partial charge is 0.396 e. The molecular weight excluding hydrogens is 174 g/mol. The van der Waals surface area contributed by atoms with Crippen LogP contribution in [0.25, 0.3) is 0 Å². The molecular formula is C12H15NO. The average Bonchev–Trinajstić information content (AvgIpc) is 2.24. The molecule has 2 nitrogen and oxygen atoms in total. The third-order valence-corrected chi connectivity index (χ3v) is 1.95. The Balaban J connectivity index is 2.55. The van der Waals surface area contributed by atoms with Gasteiger partial charge >= 0.3 is 0 Å². The normalized spacial score (nSPS) is 9.43. The van der Waals surface area contributed by atoms with Crippen LogP contribution in [0.4, 0.5) is 5.69 Å². The van der Waals surface area contributed by atoms with Crippen molar-refractivity contribution in [1.29, 1.82) is 0 Å². The van der Waals surface area contributed by atoms with Gasteiger partial charge in [0.25, 0.3) is 0 Å². The van der Waals surface area contributed by atoms with Crippen molar-refractivity contribution in [3.8, 4) is 12.3 Å². The summed E-state index contributed by atoms with van der Waals surface area (Å²) in [5.74, 6) is 2.53. The molecule has 1 aromatic carbocycles. The van der Waals surface area contributed by atoms with Crippen LogP contribution in [0.2, 0.25) is 0 Å². The van der Waals surface area contributed by atoms with Gasteiger partial charge in [-0.3, -0.25) is 0 Å². The van der Waals surface area contributed by atoms with Gasteiger partial charge in [0.05, 0.1) is 6.54 Å². The van der Waals surface area contributed by atoms with Crippen molar-refractivity contribution in [3.05, 3.63) is 29.8 Å². The lowest BCUT2D eigenvalue weighted by Crippen LogP contribution is -1.99. The zero-order valence-electron chi connectivity index (χ0n) is 8.16. The molecule has 0 spiro atoms. The van der Waals surface area contributed by atoms with E-state index in [2.05, 4.69) is 23.4 Å². The second kappa shape index (κ2) is 6.06. The number of nitrogens with one attached hydrogen (secondary N) is 1. The van der Waals surface area contributed by atoms with E-state index < -0.39 is 0 Å². The van der Waals surface area contributed by atoms with Gasteiger partial charge in [-0.2, -0.15) is 0 Å². The van der Waals surface area contributed by atoms with Crippen LogP contribution in [0.15, 0.2) is 24.3 Å². The number of terminal acetylenes is 1. The minimum absolute atomic E-state index is 0.238. The van der Waals surface area contributed by atoms with Gasteiger partial charge in [-0.05, 0) is 30.5 Å². The van der Waals surface area contributed by atoms with E-state index in [9.17, 15) is 0 Å². The highest BCUT2D eigenvalue weighted by atomic mass is 16.2. The first-order valence-corrected chi connectivity index (χ1v) is 4.74. The summed E-state index contributed by atoms with van der Waals surface area (Å²) < 4.78 is 0. The van der Waals surface area contributed by atoms with Gasteiger partial charge in [0, 0.05) is 12.3 Å². The van der Waals surface area contributed by atoms with E-state index in [-0.39, 0.29) is 6.61 Å². The van der Waals surface area contributed by atoms with Gasteiger partial charge in [0.2, 0.25) is 0 Å². The Hall–Kier alpha value is -1.46. The maximum Gasteiger partial charge on any atom is 0.0763 e. The van der Waals surface area contributed by atoms with Crippen LogP contribution in [0, 0.1) is 12.3 Å². The second-order valence-electron chi connectivity index (χ2n) is 3.09. The molecule has 1 rings (SSSR count). The SMILES string of the molecule is C#CCNc1cccc(CCCO)c1. The predicted molar refractivity (Wildman–Crippen MR) is 59.2 cm³/mol. The van der Waals surface area contributed by atoms with Gasteiger partial charge in [0.1, 0.15) is 0 Å². The lowest BCUT2D eigenvalue weighted by atomic mass is 10.1. The lowest BCUT2D eigenvalue weighted by Gasteiger charge is -2.05. The van der Waals surface area contributed by atoms with E-state index in [0.717, 1.165) is 18.5 Å². The van der Waals surface area contributed by atoms with E-state index in [1.165, 1.54) is 5.56 Å². The highest BCUT2D eigenvalue weighted by Gasteiger charge is 1.94. The molecule has 0 aliphatic carbocycles. The number of hydrogen-bond donors (Lipinski definition) is 2. The van der Waals surface area contributed by atoms with Gasteiger partial charge in [-0.15, -0.1) is 6.42 Å². The quantitative estimate of drug-likeness (QED) is 0.690. The summed E-state index contributed by atoms with van der Waals surface area (Å²) in [4.78, 5) is 0. The van der Waals surface area contributed by atoms with Crippen molar-refractivity contribution in [1.82, 2.24) is 0 Å². The molecule has 0 bridgehead atoms. The number of aliphatic hydroxyl groups is 1. The minimum atomic E-state index is 0.238. The summed E-state index contributed by atoms with van der Waals surface area (Å²) in [5, 5.41) is 11.8. The van der Waals surface area contributed by atoms with Crippen LogP contribution in [0.5, 0.6) is 0 Å². The van der Waals surface area contributed by atoms with Crippen molar-refractivity contribution in [2.75, 3.05) is 18.5 Å². The van der Waals surface area contributed by atoms with Crippen LogP contribution in [0.3, 0.4) is 0 Å². The first-order valence-electron chi connectivity index (χ1n) is 4.74. The topological polar surface area (TPSA) is 32.3 Å². The first-order chi connectivity index (χ1) is 6.86. The Kier molecular flexibility index (Phi) is 4.60. The Labute approximate surface area is 85.0 Å². The number of anilines is 1. The molecule has 0 aromatic heterocycles. The van der Waals surface area contributed by atoms with Gasteiger partial charge in [-0.25, -0.2) is 0 Å². The van der Waals surface area contributed by atoms with Crippen LogP contribution in [-0.2, 0) is 6.42 Å². The summed E-state index contributed by atoms with van der Waals surface area (Å²) >= 11 is 0. The number of aryl methyl sites for hydroxylation is 1. The second-order valence-corrected chi connectivity index (χ2v) is 3.09. The van der Waals surface area contributed by atoms with Crippen LogP contribution >= 0.6 is 0 Å². The molecule has 0 heterocycles. The standard InChI is InChI=1S/C12H15NO/c1-2-8-13-12-7-3-5-11(10-12)6-4-9-14/h1,3,5,7,10,13-14H,4,6,8-9H2. The summed E-state index contributed by atoms with van der Waals surface area (Å²) in [6.07, 6.45) is 6.86. The number of rotatable bonds is 5. The fraction of sp³-hybridized carbons (Fsp3) is 0.333. The zero-order valence-corrected chi connectivity index (χ0v) is 8.16. The summed E-state index contributed by atoms with van der Waals surface area (Å²) in [6, 6.07) is 8.09. The third-order valence-electron chi connectivity index (χ3n) is 1.95. The Morgan fingerprint density at radius 3 is 3.00 bits per heavy atom. The van der Waals surface area contributed by atoms with Gasteiger partial charge < -0.3 is 10.4 Å². The Morgan fingerprint density at radius 1 is 1.43 bits per heavy atom. The fourth-order valence-corrected chi connectivity index (χ4v) is 1.27. The minimum Gasteiger partial charge on any atom is -0.396 e. The van der Waals surface area contributed by atoms with Crippen molar-refractivity contribution in [2.45, 2.75) is 12.8 Å². The Morgan fingerprint density at radius 2 is 2.29 bits per heavy atom. The van der Waals surface area contributed by atoms with Gasteiger partial charge in [-0.1, -0.05) is 18.1 Å². The van der Waals surface area contributed by atoms with Crippen molar-refractivity contribution in [3.63, 3.8) is 0 Å². The number of benzene rings is 1. The van der Waals surface area contributed by atoms with Gasteiger partial charge in [0.15, 0.2) is 0 Å². The Bertz CT molecular complexity index is 314. The van der Waals surface area contributed by atoms with Crippen molar-refractivity contribution < 1.29 is 5.11 Å². The molecule has 2 N–H and O–H groups in total. The highest BCUT2D eigenvalue weighted by Crippen LogP contribution is 2.11. The summed E-state index contributed by atoms with van der Waals surface area (Å²) in [7, 11) is 0. The molecule has 2 heteroatoms. The van der Waals surface area contributed by atoms with E-state index >= 15 is 0 Å². The van der Waals surface area contributed by atoms with E-state index in [1.807, 2.05) is 12.1 Å². The van der Waals surface area contributed by atoms with E-state index in [1.54, 1.807) is 0 Å². The van der Waals surface area contributed by atoms with Crippen LogP contribution < -0.4 is 5.32 Å². The average molecular weight is 189 g/mol. The maximum absolute atomic E-state index is 8.70. The number of hydrogen-bond acceptors (Lipinski definition) is 2. The zero-order chi connectivity index (χ0) is 10.2. The van der Waals surface area contributed by atoms with E-state index in [4.69, 9.17) is 11.5 Å². The molecule has 0 aliphatic heterocycles. The molecule has 0 radical (unpaired) electrons. The summed E-state index contributed by atoms with van der Waals surface area (Å²) in [5.41, 5.74) is 2.26. The molecule has 14 heavy (non-hydrogen) atoms. The molecule has 0 atom stereocenters. The molecule has 0 unspecified atom stereocenters.